The Hall–Kier alpha value is -3.57. The van der Waals surface area contributed by atoms with Crippen LogP contribution >= 0.6 is 27.3 Å². The number of ether oxygens (including phenoxy) is 5. The molecule has 2 aliphatic rings. The zero-order valence-corrected chi connectivity index (χ0v) is 22.9. The lowest BCUT2D eigenvalue weighted by Crippen LogP contribution is -2.39. The molecule has 5 rings (SSSR count). The summed E-state index contributed by atoms with van der Waals surface area (Å²) in [6, 6.07) is 8.25. The van der Waals surface area contributed by atoms with Gasteiger partial charge in [0.2, 0.25) is 6.79 Å². The fourth-order valence-electron chi connectivity index (χ4n) is 4.36. The molecule has 9 nitrogen and oxygen atoms in total. The minimum atomic E-state index is -0.746. The van der Waals surface area contributed by atoms with Crippen LogP contribution in [-0.2, 0) is 9.53 Å². The van der Waals surface area contributed by atoms with Gasteiger partial charge in [-0.05, 0) is 71.2 Å². The van der Waals surface area contributed by atoms with E-state index in [4.69, 9.17) is 23.7 Å². The van der Waals surface area contributed by atoms with Gasteiger partial charge in [-0.15, -0.1) is 0 Å². The molecule has 3 heterocycles. The van der Waals surface area contributed by atoms with Crippen LogP contribution in [0.3, 0.4) is 0 Å². The van der Waals surface area contributed by atoms with E-state index < -0.39 is 12.0 Å². The summed E-state index contributed by atoms with van der Waals surface area (Å²) in [7, 11) is 3.10. The van der Waals surface area contributed by atoms with E-state index in [1.807, 2.05) is 12.1 Å². The molecule has 1 atom stereocenters. The van der Waals surface area contributed by atoms with Gasteiger partial charge in [0.1, 0.15) is 0 Å². The van der Waals surface area contributed by atoms with Gasteiger partial charge in [-0.25, -0.2) is 9.79 Å². The van der Waals surface area contributed by atoms with Crippen LogP contribution in [0.1, 0.15) is 31.0 Å². The predicted molar refractivity (Wildman–Crippen MR) is 140 cm³/mol. The Morgan fingerprint density at radius 1 is 1.22 bits per heavy atom. The molecule has 0 bridgehead atoms. The van der Waals surface area contributed by atoms with Crippen molar-refractivity contribution in [3.63, 3.8) is 0 Å². The van der Waals surface area contributed by atoms with Crippen LogP contribution in [0.5, 0.6) is 23.0 Å². The van der Waals surface area contributed by atoms with E-state index >= 15 is 0 Å². The second-order valence-electron chi connectivity index (χ2n) is 8.15. The van der Waals surface area contributed by atoms with Crippen LogP contribution < -0.4 is 33.8 Å². The van der Waals surface area contributed by atoms with Crippen LogP contribution in [0.25, 0.3) is 6.08 Å². The fourth-order valence-corrected chi connectivity index (χ4v) is 6.03. The van der Waals surface area contributed by atoms with Crippen LogP contribution in [0.2, 0.25) is 0 Å². The van der Waals surface area contributed by atoms with Gasteiger partial charge in [-0.1, -0.05) is 17.4 Å². The van der Waals surface area contributed by atoms with Crippen molar-refractivity contribution in [3.05, 3.63) is 76.9 Å². The molecule has 3 aromatic rings. The number of halogens is 1. The minimum Gasteiger partial charge on any atom is -0.493 e. The molecule has 1 unspecified atom stereocenters. The molecule has 0 N–H and O–H groups in total. The van der Waals surface area contributed by atoms with Crippen molar-refractivity contribution in [2.75, 3.05) is 27.6 Å². The first kappa shape index (κ1) is 25.1. The third-order valence-corrected chi connectivity index (χ3v) is 7.56. The smallest absolute Gasteiger partial charge is 0.338 e. The number of methoxy groups -OCH3 is 2. The Morgan fingerprint density at radius 2 is 2.00 bits per heavy atom. The Morgan fingerprint density at radius 3 is 2.73 bits per heavy atom. The average Bonchev–Trinajstić information content (AvgIpc) is 3.46. The van der Waals surface area contributed by atoms with E-state index in [0.29, 0.717) is 53.6 Å². The van der Waals surface area contributed by atoms with Crippen molar-refractivity contribution in [1.82, 2.24) is 4.57 Å². The number of rotatable bonds is 6. The van der Waals surface area contributed by atoms with E-state index in [1.165, 1.54) is 15.9 Å². The van der Waals surface area contributed by atoms with Crippen molar-refractivity contribution in [2.45, 2.75) is 19.9 Å². The van der Waals surface area contributed by atoms with Gasteiger partial charge < -0.3 is 23.7 Å². The third kappa shape index (κ3) is 4.42. The lowest BCUT2D eigenvalue weighted by Gasteiger charge is -2.24. The summed E-state index contributed by atoms with van der Waals surface area (Å²) in [5.41, 5.74) is 1.92. The summed E-state index contributed by atoms with van der Waals surface area (Å²) >= 11 is 4.73. The summed E-state index contributed by atoms with van der Waals surface area (Å²) in [6.45, 7) is 3.79. The lowest BCUT2D eigenvalue weighted by molar-refractivity contribution is -0.139. The van der Waals surface area contributed by atoms with Crippen molar-refractivity contribution < 1.29 is 28.5 Å². The van der Waals surface area contributed by atoms with E-state index in [0.717, 1.165) is 5.56 Å². The van der Waals surface area contributed by atoms with Gasteiger partial charge >= 0.3 is 5.97 Å². The largest absolute Gasteiger partial charge is 0.493 e. The number of fused-ring (bicyclic) bond motifs is 2. The zero-order valence-electron chi connectivity index (χ0n) is 20.5. The Kier molecular flexibility index (Phi) is 6.82. The second-order valence-corrected chi connectivity index (χ2v) is 10.0. The lowest BCUT2D eigenvalue weighted by atomic mass is 9.95. The number of hydrogen-bond acceptors (Lipinski definition) is 9. The zero-order chi connectivity index (χ0) is 26.3. The van der Waals surface area contributed by atoms with Crippen LogP contribution in [0.15, 0.2) is 55.9 Å². The molecule has 11 heteroatoms. The minimum absolute atomic E-state index is 0.113. The molecule has 37 heavy (non-hydrogen) atoms. The first-order valence-electron chi connectivity index (χ1n) is 11.4. The maximum atomic E-state index is 13.8. The van der Waals surface area contributed by atoms with Crippen LogP contribution in [-0.4, -0.2) is 38.2 Å². The molecular weight excluding hydrogens is 564 g/mol. The number of nitrogens with zero attached hydrogens (tertiary/aromatic N) is 2. The van der Waals surface area contributed by atoms with Crippen LogP contribution in [0, 0.1) is 0 Å². The summed E-state index contributed by atoms with van der Waals surface area (Å²) in [4.78, 5) is 32.0. The quantitative estimate of drug-likeness (QED) is 0.409. The SMILES string of the molecule is CCOC(=O)C1=C(C)N=c2s/c(=C\c3cc(Br)c(OC)c(OC)c3)c(=O)n2C1c1ccc2c(c1)OCO2. The fraction of sp³-hybridized carbons (Fsp3) is 0.269. The summed E-state index contributed by atoms with van der Waals surface area (Å²) in [5, 5.41) is 0. The first-order chi connectivity index (χ1) is 17.9. The third-order valence-electron chi connectivity index (χ3n) is 5.98. The Balaban J connectivity index is 1.71. The second kappa shape index (κ2) is 10.1. The number of esters is 1. The maximum absolute atomic E-state index is 13.8. The number of benzene rings is 2. The summed E-state index contributed by atoms with van der Waals surface area (Å²) in [6.07, 6.45) is 1.76. The summed E-state index contributed by atoms with van der Waals surface area (Å²) in [5.74, 6) is 1.71. The highest BCUT2D eigenvalue weighted by Crippen LogP contribution is 2.39. The molecule has 0 spiro atoms. The number of allylic oxidation sites excluding steroid dienone is 1. The highest BCUT2D eigenvalue weighted by atomic mass is 79.9. The molecular formula is C26H23BrN2O7S. The highest BCUT2D eigenvalue weighted by Gasteiger charge is 2.34. The average molecular weight is 587 g/mol. The van der Waals surface area contributed by atoms with Crippen LogP contribution in [0.4, 0.5) is 0 Å². The van der Waals surface area contributed by atoms with E-state index in [2.05, 4.69) is 20.9 Å². The number of carbonyl (C=O) groups excluding carboxylic acids is 1. The predicted octanol–water partition coefficient (Wildman–Crippen LogP) is 3.31. The van der Waals surface area contributed by atoms with Gasteiger partial charge in [0.05, 0.1) is 47.1 Å². The topological polar surface area (TPSA) is 97.6 Å². The number of carbonyl (C=O) groups is 1. The standard InChI is InChI=1S/C26H23BrN2O7S/c1-5-34-25(31)21-13(2)28-26-29(22(21)15-6-7-17-18(11-15)36-12-35-17)24(30)20(37-26)10-14-8-16(27)23(33-4)19(9-14)32-3/h6-11,22H,5,12H2,1-4H3/b20-10-. The molecule has 0 saturated carbocycles. The molecule has 0 amide bonds. The molecule has 0 saturated heterocycles. The molecule has 2 aliphatic heterocycles. The Labute approximate surface area is 224 Å². The molecule has 1 aromatic heterocycles. The molecule has 0 fully saturated rings. The van der Waals surface area contributed by atoms with E-state index in [1.54, 1.807) is 52.3 Å². The van der Waals surface area contributed by atoms with E-state index in [-0.39, 0.29) is 19.0 Å². The molecule has 0 aliphatic carbocycles. The van der Waals surface area contributed by atoms with Crippen molar-refractivity contribution in [3.8, 4) is 23.0 Å². The molecule has 2 aromatic carbocycles. The number of hydrogen-bond donors (Lipinski definition) is 0. The number of aromatic nitrogens is 1. The summed E-state index contributed by atoms with van der Waals surface area (Å²) < 4.78 is 29.9. The van der Waals surface area contributed by atoms with Crippen molar-refractivity contribution in [2.24, 2.45) is 4.99 Å². The normalized spacial score (nSPS) is 16.4. The molecule has 192 valence electrons. The van der Waals surface area contributed by atoms with Crippen molar-refractivity contribution >= 4 is 39.3 Å². The van der Waals surface area contributed by atoms with Crippen molar-refractivity contribution in [1.29, 1.82) is 0 Å². The van der Waals surface area contributed by atoms with Gasteiger partial charge in [0.15, 0.2) is 27.8 Å². The Bertz CT molecular complexity index is 1620. The number of thiazole rings is 1. The molecule has 0 radical (unpaired) electrons. The highest BCUT2D eigenvalue weighted by molar-refractivity contribution is 9.10. The monoisotopic (exact) mass is 586 g/mol. The maximum Gasteiger partial charge on any atom is 0.338 e. The first-order valence-corrected chi connectivity index (χ1v) is 13.0. The van der Waals surface area contributed by atoms with Gasteiger partial charge in [-0.3, -0.25) is 9.36 Å². The van der Waals surface area contributed by atoms with E-state index in [9.17, 15) is 9.59 Å². The van der Waals surface area contributed by atoms with Gasteiger partial charge in [0.25, 0.3) is 5.56 Å². The van der Waals surface area contributed by atoms with Gasteiger partial charge in [-0.2, -0.15) is 0 Å². The van der Waals surface area contributed by atoms with Gasteiger partial charge in [0, 0.05) is 0 Å².